The molecule has 6 heteroatoms. The van der Waals surface area contributed by atoms with Gasteiger partial charge in [0.1, 0.15) is 11.9 Å². The van der Waals surface area contributed by atoms with Crippen LogP contribution in [0.3, 0.4) is 0 Å². The third kappa shape index (κ3) is 5.37. The number of nitrogens with zero attached hydrogens (tertiary/aromatic N) is 2. The van der Waals surface area contributed by atoms with Crippen LogP contribution in [0.1, 0.15) is 31.9 Å². The number of nitrogens with one attached hydrogen (secondary N) is 1. The summed E-state index contributed by atoms with van der Waals surface area (Å²) in [6.45, 7) is 5.87. The normalized spacial score (nSPS) is 11.9. The van der Waals surface area contributed by atoms with Crippen LogP contribution in [0.15, 0.2) is 48.8 Å². The van der Waals surface area contributed by atoms with E-state index in [4.69, 9.17) is 0 Å². The molecule has 0 saturated carbocycles. The molecule has 0 radical (unpaired) electrons. The van der Waals surface area contributed by atoms with Gasteiger partial charge in [-0.1, -0.05) is 32.0 Å². The highest BCUT2D eigenvalue weighted by atomic mass is 19.1. The summed E-state index contributed by atoms with van der Waals surface area (Å²) in [7, 11) is 0. The Morgan fingerprint density at radius 2 is 1.81 bits per heavy atom. The molecule has 1 unspecified atom stereocenters. The first-order chi connectivity index (χ1) is 12.4. The number of rotatable bonds is 7. The van der Waals surface area contributed by atoms with Gasteiger partial charge in [0.15, 0.2) is 0 Å². The van der Waals surface area contributed by atoms with Crippen LogP contribution in [0, 0.1) is 11.7 Å². The van der Waals surface area contributed by atoms with Gasteiger partial charge in [0, 0.05) is 31.4 Å². The highest BCUT2D eigenvalue weighted by Crippen LogP contribution is 2.14. The molecule has 1 aromatic carbocycles. The van der Waals surface area contributed by atoms with E-state index in [0.29, 0.717) is 6.54 Å². The molecule has 138 valence electrons. The van der Waals surface area contributed by atoms with Gasteiger partial charge >= 0.3 is 0 Å². The predicted octanol–water partition coefficient (Wildman–Crippen LogP) is 2.91. The number of amides is 2. The maximum atomic E-state index is 13.1. The monoisotopic (exact) mass is 357 g/mol. The molecule has 5 nitrogen and oxygen atoms in total. The zero-order chi connectivity index (χ0) is 19.1. The minimum Gasteiger partial charge on any atom is -0.350 e. The molecule has 0 fully saturated rings. The highest BCUT2D eigenvalue weighted by Gasteiger charge is 2.27. The maximum Gasteiger partial charge on any atom is 0.242 e. The molecular weight excluding hydrogens is 333 g/mol. The Balaban J connectivity index is 2.08. The van der Waals surface area contributed by atoms with Gasteiger partial charge in [-0.25, -0.2) is 4.39 Å². The molecule has 2 aromatic rings. The molecular formula is C20H24FN3O2. The standard InChI is InChI=1S/C20H24FN3O2/c1-14(2)20(26)24(13-16-6-8-18(21)9-7-16)15(3)19(25)23-12-17-5-4-10-22-11-17/h4-11,14-15H,12-13H2,1-3H3,(H,23,25). The van der Waals surface area contributed by atoms with Crippen LogP contribution in [0.5, 0.6) is 0 Å². The molecule has 0 saturated heterocycles. The summed E-state index contributed by atoms with van der Waals surface area (Å²) in [5, 5.41) is 2.84. The third-order valence-corrected chi connectivity index (χ3v) is 4.08. The number of hydrogen-bond acceptors (Lipinski definition) is 3. The second kappa shape index (κ2) is 9.08. The van der Waals surface area contributed by atoms with Crippen molar-refractivity contribution in [1.29, 1.82) is 0 Å². The Morgan fingerprint density at radius 3 is 2.38 bits per heavy atom. The minimum atomic E-state index is -0.647. The van der Waals surface area contributed by atoms with E-state index < -0.39 is 6.04 Å². The van der Waals surface area contributed by atoms with E-state index in [2.05, 4.69) is 10.3 Å². The van der Waals surface area contributed by atoms with Crippen LogP contribution in [0.25, 0.3) is 0 Å². The number of benzene rings is 1. The summed E-state index contributed by atoms with van der Waals surface area (Å²) >= 11 is 0. The molecule has 1 heterocycles. The Hall–Kier alpha value is -2.76. The molecule has 1 N–H and O–H groups in total. The van der Waals surface area contributed by atoms with E-state index >= 15 is 0 Å². The summed E-state index contributed by atoms with van der Waals surface area (Å²) < 4.78 is 13.1. The van der Waals surface area contributed by atoms with E-state index in [1.807, 2.05) is 6.07 Å². The minimum absolute atomic E-state index is 0.127. The number of halogens is 1. The van der Waals surface area contributed by atoms with Gasteiger partial charge in [-0.15, -0.1) is 0 Å². The van der Waals surface area contributed by atoms with Crippen molar-refractivity contribution in [2.75, 3.05) is 0 Å². The highest BCUT2D eigenvalue weighted by molar-refractivity contribution is 5.88. The quantitative estimate of drug-likeness (QED) is 0.829. The molecule has 1 aromatic heterocycles. The third-order valence-electron chi connectivity index (χ3n) is 4.08. The number of hydrogen-bond donors (Lipinski definition) is 1. The summed E-state index contributed by atoms with van der Waals surface area (Å²) in [5.41, 5.74) is 1.65. The Bertz CT molecular complexity index is 732. The zero-order valence-corrected chi connectivity index (χ0v) is 15.3. The van der Waals surface area contributed by atoms with Gasteiger partial charge < -0.3 is 10.2 Å². The topological polar surface area (TPSA) is 62.3 Å². The summed E-state index contributed by atoms with van der Waals surface area (Å²) in [5.74, 6) is -0.954. The van der Waals surface area contributed by atoms with Crippen LogP contribution in [0.2, 0.25) is 0 Å². The van der Waals surface area contributed by atoms with E-state index in [1.54, 1.807) is 51.4 Å². The first-order valence-corrected chi connectivity index (χ1v) is 8.60. The lowest BCUT2D eigenvalue weighted by molar-refractivity contribution is -0.143. The average Bonchev–Trinajstić information content (AvgIpc) is 2.65. The lowest BCUT2D eigenvalue weighted by Crippen LogP contribution is -2.48. The first kappa shape index (κ1) is 19.6. The van der Waals surface area contributed by atoms with Gasteiger partial charge in [0.2, 0.25) is 11.8 Å². The smallest absolute Gasteiger partial charge is 0.242 e. The fourth-order valence-corrected chi connectivity index (χ4v) is 2.50. The largest absolute Gasteiger partial charge is 0.350 e. The molecule has 2 amide bonds. The van der Waals surface area contributed by atoms with Gasteiger partial charge in [-0.2, -0.15) is 0 Å². The van der Waals surface area contributed by atoms with Crippen molar-refractivity contribution < 1.29 is 14.0 Å². The van der Waals surface area contributed by atoms with Gasteiger partial charge in [0.25, 0.3) is 0 Å². The summed E-state index contributed by atoms with van der Waals surface area (Å²) in [6, 6.07) is 8.96. The van der Waals surface area contributed by atoms with Crippen LogP contribution >= 0.6 is 0 Å². The molecule has 1 atom stereocenters. The number of aromatic nitrogens is 1. The molecule has 0 spiro atoms. The van der Waals surface area contributed by atoms with Gasteiger partial charge in [-0.05, 0) is 36.2 Å². The van der Waals surface area contributed by atoms with Gasteiger partial charge in [0.05, 0.1) is 0 Å². The zero-order valence-electron chi connectivity index (χ0n) is 15.3. The molecule has 0 aliphatic heterocycles. The van der Waals surface area contributed by atoms with E-state index in [1.165, 1.54) is 17.0 Å². The Morgan fingerprint density at radius 1 is 1.12 bits per heavy atom. The second-order valence-electron chi connectivity index (χ2n) is 6.50. The lowest BCUT2D eigenvalue weighted by Gasteiger charge is -2.30. The molecule has 26 heavy (non-hydrogen) atoms. The van der Waals surface area contributed by atoms with E-state index in [-0.39, 0.29) is 30.1 Å². The van der Waals surface area contributed by atoms with Crippen molar-refractivity contribution in [1.82, 2.24) is 15.2 Å². The SMILES string of the molecule is CC(C)C(=O)N(Cc1ccc(F)cc1)C(C)C(=O)NCc1cccnc1. The Labute approximate surface area is 153 Å². The van der Waals surface area contributed by atoms with Crippen molar-refractivity contribution in [3.05, 3.63) is 65.7 Å². The van der Waals surface area contributed by atoms with Crippen molar-refractivity contribution in [3.8, 4) is 0 Å². The summed E-state index contributed by atoms with van der Waals surface area (Å²) in [4.78, 5) is 30.7. The predicted molar refractivity (Wildman–Crippen MR) is 97.3 cm³/mol. The van der Waals surface area contributed by atoms with Crippen LogP contribution < -0.4 is 5.32 Å². The molecule has 0 aliphatic rings. The van der Waals surface area contributed by atoms with Crippen LogP contribution in [-0.4, -0.2) is 27.7 Å². The maximum absolute atomic E-state index is 13.1. The van der Waals surface area contributed by atoms with Crippen molar-refractivity contribution in [3.63, 3.8) is 0 Å². The van der Waals surface area contributed by atoms with E-state index in [0.717, 1.165) is 11.1 Å². The lowest BCUT2D eigenvalue weighted by atomic mass is 10.1. The average molecular weight is 357 g/mol. The number of carbonyl (C=O) groups excluding carboxylic acids is 2. The van der Waals surface area contributed by atoms with E-state index in [9.17, 15) is 14.0 Å². The number of carbonyl (C=O) groups is 2. The molecule has 2 rings (SSSR count). The fourth-order valence-electron chi connectivity index (χ4n) is 2.50. The van der Waals surface area contributed by atoms with Gasteiger partial charge in [-0.3, -0.25) is 14.6 Å². The summed E-state index contributed by atoms with van der Waals surface area (Å²) in [6.07, 6.45) is 3.35. The molecule has 0 aliphatic carbocycles. The second-order valence-corrected chi connectivity index (χ2v) is 6.50. The first-order valence-electron chi connectivity index (χ1n) is 8.60. The number of pyridine rings is 1. The van der Waals surface area contributed by atoms with Crippen LogP contribution in [-0.2, 0) is 22.7 Å². The Kier molecular flexibility index (Phi) is 6.83. The molecule has 0 bridgehead atoms. The van der Waals surface area contributed by atoms with Crippen molar-refractivity contribution in [2.24, 2.45) is 5.92 Å². The fraction of sp³-hybridized carbons (Fsp3) is 0.350. The van der Waals surface area contributed by atoms with Crippen molar-refractivity contribution >= 4 is 11.8 Å². The van der Waals surface area contributed by atoms with Crippen molar-refractivity contribution in [2.45, 2.75) is 39.9 Å². The van der Waals surface area contributed by atoms with Crippen LogP contribution in [0.4, 0.5) is 4.39 Å².